The van der Waals surface area contributed by atoms with Crippen molar-refractivity contribution in [3.05, 3.63) is 0 Å². The molecule has 2 aliphatic carbocycles. The Morgan fingerprint density at radius 2 is 1.73 bits per heavy atom. The van der Waals surface area contributed by atoms with E-state index in [1.54, 1.807) is 0 Å². The highest BCUT2D eigenvalue weighted by Crippen LogP contribution is 2.49. The fourth-order valence-electron chi connectivity index (χ4n) is 3.30. The molecule has 0 amide bonds. The van der Waals surface area contributed by atoms with Crippen molar-refractivity contribution >= 4 is 0 Å². The molecule has 2 saturated carbocycles. The summed E-state index contributed by atoms with van der Waals surface area (Å²) in [6.07, 6.45) is 7.44. The standard InChI is InChI=1S/C13H24N2/c14-7-10-5-6-15(8-10)9-13(11-1-2-11)12-3-4-12/h10-13H,1-9,14H2. The van der Waals surface area contributed by atoms with Crippen molar-refractivity contribution in [2.75, 3.05) is 26.2 Å². The van der Waals surface area contributed by atoms with Gasteiger partial charge in [-0.1, -0.05) is 0 Å². The van der Waals surface area contributed by atoms with Crippen LogP contribution in [0.3, 0.4) is 0 Å². The second-order valence-corrected chi connectivity index (χ2v) is 5.99. The third kappa shape index (κ3) is 2.36. The van der Waals surface area contributed by atoms with Gasteiger partial charge in [0.1, 0.15) is 0 Å². The van der Waals surface area contributed by atoms with Gasteiger partial charge in [-0.2, -0.15) is 0 Å². The molecule has 1 atom stereocenters. The summed E-state index contributed by atoms with van der Waals surface area (Å²) < 4.78 is 0. The zero-order chi connectivity index (χ0) is 10.3. The molecule has 1 aliphatic heterocycles. The largest absolute Gasteiger partial charge is 0.330 e. The minimum Gasteiger partial charge on any atom is -0.330 e. The molecule has 0 radical (unpaired) electrons. The third-order valence-electron chi connectivity index (χ3n) is 4.63. The maximum atomic E-state index is 5.74. The van der Waals surface area contributed by atoms with Crippen LogP contribution in [0.1, 0.15) is 32.1 Å². The fraction of sp³-hybridized carbons (Fsp3) is 1.00. The van der Waals surface area contributed by atoms with Gasteiger partial charge in [0.15, 0.2) is 0 Å². The van der Waals surface area contributed by atoms with Gasteiger partial charge in [-0.15, -0.1) is 0 Å². The van der Waals surface area contributed by atoms with E-state index in [-0.39, 0.29) is 0 Å². The lowest BCUT2D eigenvalue weighted by atomic mass is 9.97. The monoisotopic (exact) mass is 208 g/mol. The minimum atomic E-state index is 0.795. The molecule has 0 aromatic heterocycles. The highest BCUT2D eigenvalue weighted by molar-refractivity contribution is 4.93. The van der Waals surface area contributed by atoms with E-state index in [1.807, 2.05) is 0 Å². The van der Waals surface area contributed by atoms with Crippen molar-refractivity contribution in [2.45, 2.75) is 32.1 Å². The van der Waals surface area contributed by atoms with Crippen LogP contribution in [0, 0.1) is 23.7 Å². The Labute approximate surface area is 93.2 Å². The Kier molecular flexibility index (Phi) is 2.73. The Hall–Kier alpha value is -0.0800. The van der Waals surface area contributed by atoms with Crippen molar-refractivity contribution < 1.29 is 0 Å². The second-order valence-electron chi connectivity index (χ2n) is 5.99. The maximum absolute atomic E-state index is 5.74. The summed E-state index contributed by atoms with van der Waals surface area (Å²) in [5.41, 5.74) is 5.74. The Balaban J connectivity index is 1.50. The molecule has 1 saturated heterocycles. The Bertz CT molecular complexity index is 209. The average molecular weight is 208 g/mol. The van der Waals surface area contributed by atoms with Crippen molar-refractivity contribution in [3.8, 4) is 0 Å². The highest BCUT2D eigenvalue weighted by Gasteiger charge is 2.42. The van der Waals surface area contributed by atoms with E-state index >= 15 is 0 Å². The molecule has 15 heavy (non-hydrogen) atoms. The molecule has 2 nitrogen and oxygen atoms in total. The van der Waals surface area contributed by atoms with Crippen LogP contribution < -0.4 is 5.73 Å². The topological polar surface area (TPSA) is 29.3 Å². The summed E-state index contributed by atoms with van der Waals surface area (Å²) in [6.45, 7) is 4.89. The predicted molar refractivity (Wildman–Crippen MR) is 62.5 cm³/mol. The third-order valence-corrected chi connectivity index (χ3v) is 4.63. The van der Waals surface area contributed by atoms with Gasteiger partial charge in [-0.25, -0.2) is 0 Å². The number of nitrogens with two attached hydrogens (primary N) is 1. The van der Waals surface area contributed by atoms with Crippen LogP contribution in [0.5, 0.6) is 0 Å². The van der Waals surface area contributed by atoms with E-state index in [2.05, 4.69) is 4.90 Å². The zero-order valence-corrected chi connectivity index (χ0v) is 9.70. The molecular formula is C13H24N2. The molecule has 0 spiro atoms. The van der Waals surface area contributed by atoms with Gasteiger partial charge in [0.2, 0.25) is 0 Å². The number of rotatable bonds is 5. The van der Waals surface area contributed by atoms with E-state index in [4.69, 9.17) is 5.73 Å². The Morgan fingerprint density at radius 1 is 1.07 bits per heavy atom. The predicted octanol–water partition coefficient (Wildman–Crippen LogP) is 1.70. The minimum absolute atomic E-state index is 0.795. The van der Waals surface area contributed by atoms with Gasteiger partial charge < -0.3 is 10.6 Å². The summed E-state index contributed by atoms with van der Waals surface area (Å²) in [7, 11) is 0. The van der Waals surface area contributed by atoms with Gasteiger partial charge in [-0.05, 0) is 68.9 Å². The molecule has 0 bridgehead atoms. The first kappa shape index (κ1) is 10.1. The molecule has 2 N–H and O–H groups in total. The van der Waals surface area contributed by atoms with Crippen molar-refractivity contribution in [2.24, 2.45) is 29.4 Å². The maximum Gasteiger partial charge on any atom is 0.00223 e. The molecule has 0 aromatic rings. The van der Waals surface area contributed by atoms with E-state index in [1.165, 1.54) is 51.7 Å². The summed E-state index contributed by atoms with van der Waals surface area (Å²) in [4.78, 5) is 2.69. The fourth-order valence-corrected chi connectivity index (χ4v) is 3.30. The second kappa shape index (κ2) is 4.06. The van der Waals surface area contributed by atoms with Crippen molar-refractivity contribution in [3.63, 3.8) is 0 Å². The van der Waals surface area contributed by atoms with Crippen LogP contribution in [0.4, 0.5) is 0 Å². The van der Waals surface area contributed by atoms with E-state index in [0.29, 0.717) is 0 Å². The molecule has 1 heterocycles. The van der Waals surface area contributed by atoms with Gasteiger partial charge in [0.05, 0.1) is 0 Å². The first-order valence-electron chi connectivity index (χ1n) is 6.79. The van der Waals surface area contributed by atoms with Crippen LogP contribution in [0.25, 0.3) is 0 Å². The van der Waals surface area contributed by atoms with Gasteiger partial charge in [0, 0.05) is 13.1 Å². The molecule has 3 fully saturated rings. The van der Waals surface area contributed by atoms with Crippen molar-refractivity contribution in [1.82, 2.24) is 4.90 Å². The highest BCUT2D eigenvalue weighted by atomic mass is 15.1. The van der Waals surface area contributed by atoms with Crippen LogP contribution in [-0.2, 0) is 0 Å². The number of likely N-dealkylation sites (tertiary alicyclic amines) is 1. The molecule has 3 rings (SSSR count). The lowest BCUT2D eigenvalue weighted by Crippen LogP contribution is -2.30. The average Bonchev–Trinajstić information content (AvgIpc) is 3.14. The van der Waals surface area contributed by atoms with Crippen LogP contribution in [0.15, 0.2) is 0 Å². The summed E-state index contributed by atoms with van der Waals surface area (Å²) in [6, 6.07) is 0. The normalized spacial score (nSPS) is 32.8. The van der Waals surface area contributed by atoms with E-state index < -0.39 is 0 Å². The first-order valence-corrected chi connectivity index (χ1v) is 6.79. The van der Waals surface area contributed by atoms with E-state index in [9.17, 15) is 0 Å². The smallest absolute Gasteiger partial charge is 0.00223 e. The SMILES string of the molecule is NCC1CCN(CC(C2CC2)C2CC2)C1. The van der Waals surface area contributed by atoms with Gasteiger partial charge >= 0.3 is 0 Å². The van der Waals surface area contributed by atoms with Crippen molar-refractivity contribution in [1.29, 1.82) is 0 Å². The summed E-state index contributed by atoms with van der Waals surface area (Å²) in [5, 5.41) is 0. The number of nitrogens with zero attached hydrogens (tertiary/aromatic N) is 1. The molecule has 1 unspecified atom stereocenters. The van der Waals surface area contributed by atoms with Crippen LogP contribution in [-0.4, -0.2) is 31.1 Å². The molecule has 3 aliphatic rings. The van der Waals surface area contributed by atoms with E-state index in [0.717, 1.165) is 30.2 Å². The Morgan fingerprint density at radius 3 is 2.20 bits per heavy atom. The number of hydrogen-bond donors (Lipinski definition) is 1. The molecule has 86 valence electrons. The quantitative estimate of drug-likeness (QED) is 0.745. The summed E-state index contributed by atoms with van der Waals surface area (Å²) in [5.74, 6) is 4.06. The van der Waals surface area contributed by atoms with Crippen LogP contribution in [0.2, 0.25) is 0 Å². The van der Waals surface area contributed by atoms with Gasteiger partial charge in [-0.3, -0.25) is 0 Å². The van der Waals surface area contributed by atoms with Gasteiger partial charge in [0.25, 0.3) is 0 Å². The first-order chi connectivity index (χ1) is 7.36. The lowest BCUT2D eigenvalue weighted by Gasteiger charge is -2.23. The zero-order valence-electron chi connectivity index (χ0n) is 9.70. The molecule has 0 aromatic carbocycles. The lowest BCUT2D eigenvalue weighted by molar-refractivity contribution is 0.233. The molecule has 2 heteroatoms. The molecular weight excluding hydrogens is 184 g/mol. The summed E-state index contributed by atoms with van der Waals surface area (Å²) >= 11 is 0. The number of hydrogen-bond acceptors (Lipinski definition) is 2. The van der Waals surface area contributed by atoms with Crippen LogP contribution >= 0.6 is 0 Å².